The number of nitriles is 1. The summed E-state index contributed by atoms with van der Waals surface area (Å²) in [6, 6.07) is 6.77. The molecule has 8 heteroatoms. The van der Waals surface area contributed by atoms with Crippen LogP contribution in [0.2, 0.25) is 0 Å². The molecular weight excluding hydrogens is 303 g/mol. The zero-order valence-corrected chi connectivity index (χ0v) is 11.8. The molecule has 2 N–H and O–H groups in total. The number of carbonyl (C=O) groups is 2. The van der Waals surface area contributed by atoms with Crippen LogP contribution in [0.3, 0.4) is 0 Å². The molecule has 0 saturated heterocycles. The summed E-state index contributed by atoms with van der Waals surface area (Å²) < 4.78 is 18.2. The predicted molar refractivity (Wildman–Crippen MR) is 77.4 cm³/mol. The van der Waals surface area contributed by atoms with Gasteiger partial charge in [0, 0.05) is 17.3 Å². The number of hydrogen-bond acceptors (Lipinski definition) is 5. The highest BCUT2D eigenvalue weighted by atomic mass is 19.1. The Kier molecular flexibility index (Phi) is 3.38. The van der Waals surface area contributed by atoms with E-state index in [-0.39, 0.29) is 17.0 Å². The van der Waals surface area contributed by atoms with E-state index in [2.05, 4.69) is 15.8 Å². The molecule has 1 aromatic heterocycles. The molecule has 0 radical (unpaired) electrons. The Balaban J connectivity index is 2.04. The van der Waals surface area contributed by atoms with Crippen LogP contribution >= 0.6 is 0 Å². The maximum Gasteiger partial charge on any atom is 0.268 e. The predicted octanol–water partition coefficient (Wildman–Crippen LogP) is 1.99. The Labute approximate surface area is 129 Å². The zero-order chi connectivity index (χ0) is 16.6. The second-order valence-corrected chi connectivity index (χ2v) is 4.78. The summed E-state index contributed by atoms with van der Waals surface area (Å²) in [7, 11) is 0. The Morgan fingerprint density at radius 2 is 2.22 bits per heavy atom. The number of nitrogens with zero attached hydrogens (tertiary/aromatic N) is 2. The summed E-state index contributed by atoms with van der Waals surface area (Å²) in [5.41, 5.74) is -0.116. The van der Waals surface area contributed by atoms with E-state index in [0.717, 1.165) is 6.07 Å². The minimum absolute atomic E-state index is 0.110. The van der Waals surface area contributed by atoms with Gasteiger partial charge in [0.2, 0.25) is 0 Å². The van der Waals surface area contributed by atoms with E-state index in [0.29, 0.717) is 11.4 Å². The van der Waals surface area contributed by atoms with Crippen molar-refractivity contribution in [2.75, 3.05) is 10.6 Å². The number of aryl methyl sites for hydroxylation is 1. The third kappa shape index (κ3) is 2.55. The van der Waals surface area contributed by atoms with Gasteiger partial charge in [-0.05, 0) is 25.1 Å². The Bertz CT molecular complexity index is 908. The van der Waals surface area contributed by atoms with E-state index in [9.17, 15) is 19.2 Å². The first-order valence-corrected chi connectivity index (χ1v) is 6.50. The highest BCUT2D eigenvalue weighted by Crippen LogP contribution is 2.34. The topological polar surface area (TPSA) is 108 Å². The van der Waals surface area contributed by atoms with E-state index >= 15 is 0 Å². The minimum Gasteiger partial charge on any atom is -0.360 e. The van der Waals surface area contributed by atoms with Crippen molar-refractivity contribution in [1.82, 2.24) is 5.16 Å². The number of hydrogen-bond donors (Lipinski definition) is 2. The lowest BCUT2D eigenvalue weighted by Crippen LogP contribution is -2.17. The van der Waals surface area contributed by atoms with Gasteiger partial charge in [0.15, 0.2) is 5.82 Å². The van der Waals surface area contributed by atoms with Crippen molar-refractivity contribution in [2.24, 2.45) is 0 Å². The molecule has 1 aromatic carbocycles. The number of rotatable bonds is 2. The summed E-state index contributed by atoms with van der Waals surface area (Å²) in [6.45, 7) is 1.63. The summed E-state index contributed by atoms with van der Waals surface area (Å²) in [4.78, 5) is 24.3. The molecule has 2 aromatic rings. The van der Waals surface area contributed by atoms with Crippen LogP contribution in [0.4, 0.5) is 15.9 Å². The number of aromatic nitrogens is 1. The molecular formula is C15H9FN4O3. The van der Waals surface area contributed by atoms with E-state index in [1.807, 2.05) is 0 Å². The van der Waals surface area contributed by atoms with Crippen molar-refractivity contribution in [3.63, 3.8) is 0 Å². The van der Waals surface area contributed by atoms with Crippen molar-refractivity contribution >= 4 is 28.9 Å². The highest BCUT2D eigenvalue weighted by molar-refractivity contribution is 6.37. The van der Waals surface area contributed by atoms with Crippen LogP contribution in [0, 0.1) is 24.1 Å². The molecule has 0 unspecified atom stereocenters. The molecule has 0 spiro atoms. The molecule has 0 aliphatic carbocycles. The lowest BCUT2D eigenvalue weighted by atomic mass is 10.0. The van der Waals surface area contributed by atoms with Crippen LogP contribution in [0.1, 0.15) is 11.3 Å². The third-order valence-corrected chi connectivity index (χ3v) is 3.18. The lowest BCUT2D eigenvalue weighted by molar-refractivity contribution is -0.113. The molecule has 2 amide bonds. The molecule has 1 aliphatic rings. The maximum absolute atomic E-state index is 13.4. The molecule has 114 valence electrons. The maximum atomic E-state index is 13.4. The van der Waals surface area contributed by atoms with Crippen LogP contribution in [0.25, 0.3) is 5.57 Å². The summed E-state index contributed by atoms with van der Waals surface area (Å²) in [5.74, 6) is -1.48. The largest absolute Gasteiger partial charge is 0.360 e. The van der Waals surface area contributed by atoms with Crippen LogP contribution in [-0.2, 0) is 9.59 Å². The Hall–Kier alpha value is -3.47. The molecule has 0 fully saturated rings. The summed E-state index contributed by atoms with van der Waals surface area (Å²) in [6.07, 6.45) is 0. The standard InChI is InChI=1S/C15H9FN4O3/c1-7-4-12(20-23-7)19-14(21)10(6-17)13-9-5-8(16)2-3-11(9)18-15(13)22/h2-5H,1H3,(H,18,22)(H,19,20,21). The highest BCUT2D eigenvalue weighted by Gasteiger charge is 2.31. The fraction of sp³-hybridized carbons (Fsp3) is 0.0667. The fourth-order valence-corrected chi connectivity index (χ4v) is 2.21. The van der Waals surface area contributed by atoms with E-state index < -0.39 is 23.2 Å². The second-order valence-electron chi connectivity index (χ2n) is 4.78. The van der Waals surface area contributed by atoms with Gasteiger partial charge in [-0.3, -0.25) is 9.59 Å². The molecule has 0 saturated carbocycles. The zero-order valence-electron chi connectivity index (χ0n) is 11.8. The van der Waals surface area contributed by atoms with E-state index in [1.54, 1.807) is 13.0 Å². The monoisotopic (exact) mass is 312 g/mol. The van der Waals surface area contributed by atoms with Gasteiger partial charge in [-0.2, -0.15) is 5.26 Å². The molecule has 0 bridgehead atoms. The second kappa shape index (κ2) is 5.38. The van der Waals surface area contributed by atoms with E-state index in [1.165, 1.54) is 18.2 Å². The van der Waals surface area contributed by atoms with Crippen LogP contribution in [0.15, 0.2) is 34.4 Å². The van der Waals surface area contributed by atoms with Crippen molar-refractivity contribution in [3.05, 3.63) is 47.0 Å². The van der Waals surface area contributed by atoms with Gasteiger partial charge >= 0.3 is 0 Å². The Morgan fingerprint density at radius 1 is 1.43 bits per heavy atom. The molecule has 0 atom stereocenters. The van der Waals surface area contributed by atoms with Gasteiger partial charge in [0.05, 0.1) is 5.57 Å². The minimum atomic E-state index is -0.830. The number of benzene rings is 1. The number of fused-ring (bicyclic) bond motifs is 1. The van der Waals surface area contributed by atoms with Gasteiger partial charge in [0.1, 0.15) is 23.2 Å². The summed E-state index contributed by atoms with van der Waals surface area (Å²) in [5, 5.41) is 17.7. The van der Waals surface area contributed by atoms with Crippen molar-refractivity contribution in [1.29, 1.82) is 5.26 Å². The fourth-order valence-electron chi connectivity index (χ4n) is 2.21. The molecule has 1 aliphatic heterocycles. The molecule has 23 heavy (non-hydrogen) atoms. The first kappa shape index (κ1) is 14.5. The van der Waals surface area contributed by atoms with Gasteiger partial charge in [-0.25, -0.2) is 4.39 Å². The average molecular weight is 312 g/mol. The van der Waals surface area contributed by atoms with Crippen molar-refractivity contribution in [3.8, 4) is 6.07 Å². The first-order chi connectivity index (χ1) is 11.0. The Morgan fingerprint density at radius 3 is 2.87 bits per heavy atom. The number of nitrogens with one attached hydrogen (secondary N) is 2. The SMILES string of the molecule is Cc1cc(NC(=O)C(C#N)=C2C(=O)Nc3ccc(F)cc32)no1. The number of anilines is 2. The normalized spacial score (nSPS) is 14.7. The lowest BCUT2D eigenvalue weighted by Gasteiger charge is -2.03. The average Bonchev–Trinajstić information content (AvgIpc) is 3.04. The molecule has 3 rings (SSSR count). The van der Waals surface area contributed by atoms with Crippen LogP contribution in [-0.4, -0.2) is 17.0 Å². The van der Waals surface area contributed by atoms with Gasteiger partial charge in [-0.15, -0.1) is 0 Å². The van der Waals surface area contributed by atoms with Gasteiger partial charge in [0.25, 0.3) is 11.8 Å². The quantitative estimate of drug-likeness (QED) is 0.651. The molecule has 7 nitrogen and oxygen atoms in total. The van der Waals surface area contributed by atoms with E-state index in [4.69, 9.17) is 4.52 Å². The van der Waals surface area contributed by atoms with Crippen LogP contribution < -0.4 is 10.6 Å². The smallest absolute Gasteiger partial charge is 0.268 e. The van der Waals surface area contributed by atoms with Crippen molar-refractivity contribution < 1.29 is 18.5 Å². The molecule has 2 heterocycles. The third-order valence-electron chi connectivity index (χ3n) is 3.18. The summed E-state index contributed by atoms with van der Waals surface area (Å²) >= 11 is 0. The first-order valence-electron chi connectivity index (χ1n) is 6.50. The number of amides is 2. The number of carbonyl (C=O) groups excluding carboxylic acids is 2. The van der Waals surface area contributed by atoms with Crippen molar-refractivity contribution in [2.45, 2.75) is 6.92 Å². The van der Waals surface area contributed by atoms with Gasteiger partial charge < -0.3 is 15.2 Å². The van der Waals surface area contributed by atoms with Gasteiger partial charge in [-0.1, -0.05) is 5.16 Å². The number of halogens is 1. The van der Waals surface area contributed by atoms with Crippen LogP contribution in [0.5, 0.6) is 0 Å².